The summed E-state index contributed by atoms with van der Waals surface area (Å²) in [5, 5.41) is 0.701. The number of carbonyl (C=O) groups excluding carboxylic acids is 1. The molecule has 3 rings (SSSR count). The van der Waals surface area contributed by atoms with Gasteiger partial charge in [0, 0.05) is 30.2 Å². The predicted octanol–water partition coefficient (Wildman–Crippen LogP) is 5.63. The van der Waals surface area contributed by atoms with Crippen LogP contribution in [0, 0.1) is 6.92 Å². The summed E-state index contributed by atoms with van der Waals surface area (Å²) in [5.74, 6) is 0.0851. The Kier molecular flexibility index (Phi) is 10.4. The van der Waals surface area contributed by atoms with Crippen molar-refractivity contribution in [3.8, 4) is 0 Å². The molecular formula is C29H42ClN3O. The number of aryl methyl sites for hydroxylation is 2. The maximum atomic E-state index is 13.4. The Balaban J connectivity index is 1.54. The Hall–Kier alpha value is -1.88. The molecule has 1 fully saturated rings. The zero-order valence-corrected chi connectivity index (χ0v) is 21.9. The Bertz CT molecular complexity index is 883. The third kappa shape index (κ3) is 7.83. The average Bonchev–Trinajstić information content (AvgIpc) is 2.83. The number of benzene rings is 2. The second-order valence-corrected chi connectivity index (χ2v) is 10.4. The van der Waals surface area contributed by atoms with Gasteiger partial charge in [-0.2, -0.15) is 0 Å². The molecule has 1 amide bonds. The molecule has 1 aliphatic rings. The maximum absolute atomic E-state index is 13.4. The lowest BCUT2D eigenvalue weighted by Gasteiger charge is -2.46. The minimum atomic E-state index is -0.515. The normalized spacial score (nSPS) is 19.9. The van der Waals surface area contributed by atoms with Gasteiger partial charge in [0.2, 0.25) is 5.91 Å². The number of nitrogens with zero attached hydrogens (tertiary/aromatic N) is 2. The van der Waals surface area contributed by atoms with E-state index in [4.69, 9.17) is 17.3 Å². The lowest BCUT2D eigenvalue weighted by molar-refractivity contribution is -0.139. The number of carbonyl (C=O) groups is 1. The Labute approximate surface area is 211 Å². The van der Waals surface area contributed by atoms with Gasteiger partial charge in [0.25, 0.3) is 0 Å². The fourth-order valence-electron chi connectivity index (χ4n) is 4.94. The van der Waals surface area contributed by atoms with E-state index in [9.17, 15) is 4.79 Å². The fraction of sp³-hybridized carbons (Fsp3) is 0.552. The zero-order chi connectivity index (χ0) is 24.5. The smallest absolute Gasteiger partial charge is 0.240 e. The van der Waals surface area contributed by atoms with Crippen LogP contribution >= 0.6 is 11.6 Å². The Morgan fingerprint density at radius 1 is 1.03 bits per heavy atom. The molecule has 34 heavy (non-hydrogen) atoms. The third-order valence-corrected chi connectivity index (χ3v) is 7.36. The molecule has 1 unspecified atom stereocenters. The average molecular weight is 484 g/mol. The van der Waals surface area contributed by atoms with Gasteiger partial charge in [0.05, 0.1) is 6.04 Å². The van der Waals surface area contributed by atoms with Crippen LogP contribution in [0.15, 0.2) is 48.5 Å². The quantitative estimate of drug-likeness (QED) is 0.421. The SMILES string of the molecule is CCCC[C@H]1CN(CCCCc2ccc(C)cc2)[C@H](C)CN1C(=O)C(N)Cc1ccc(Cl)cc1. The van der Waals surface area contributed by atoms with Crippen LogP contribution in [0.5, 0.6) is 0 Å². The molecule has 0 radical (unpaired) electrons. The molecule has 1 aliphatic heterocycles. The second-order valence-electron chi connectivity index (χ2n) is 10.0. The summed E-state index contributed by atoms with van der Waals surface area (Å²) in [7, 11) is 0. The lowest BCUT2D eigenvalue weighted by atomic mass is 9.98. The number of halogens is 1. The first kappa shape index (κ1) is 26.7. The van der Waals surface area contributed by atoms with Crippen molar-refractivity contribution in [2.75, 3.05) is 19.6 Å². The van der Waals surface area contributed by atoms with Crippen molar-refractivity contribution in [2.45, 2.75) is 83.8 Å². The van der Waals surface area contributed by atoms with Crippen molar-refractivity contribution >= 4 is 17.5 Å². The molecule has 5 heteroatoms. The van der Waals surface area contributed by atoms with E-state index < -0.39 is 6.04 Å². The zero-order valence-electron chi connectivity index (χ0n) is 21.2. The van der Waals surface area contributed by atoms with Crippen LogP contribution in [0.2, 0.25) is 5.02 Å². The number of piperazine rings is 1. The highest BCUT2D eigenvalue weighted by atomic mass is 35.5. The Morgan fingerprint density at radius 2 is 1.71 bits per heavy atom. The van der Waals surface area contributed by atoms with Crippen molar-refractivity contribution in [1.29, 1.82) is 0 Å². The van der Waals surface area contributed by atoms with E-state index in [1.54, 1.807) is 0 Å². The van der Waals surface area contributed by atoms with Crippen LogP contribution in [0.4, 0.5) is 0 Å². The van der Waals surface area contributed by atoms with Crippen LogP contribution in [0.25, 0.3) is 0 Å². The number of hydrogen-bond acceptors (Lipinski definition) is 3. The van der Waals surface area contributed by atoms with E-state index in [2.05, 4.69) is 54.8 Å². The molecule has 2 N–H and O–H groups in total. The van der Waals surface area contributed by atoms with Crippen molar-refractivity contribution in [3.63, 3.8) is 0 Å². The largest absolute Gasteiger partial charge is 0.336 e. The van der Waals surface area contributed by atoms with Gasteiger partial charge in [-0.1, -0.05) is 73.3 Å². The first-order valence-corrected chi connectivity index (χ1v) is 13.3. The summed E-state index contributed by atoms with van der Waals surface area (Å²) in [6.45, 7) is 9.40. The summed E-state index contributed by atoms with van der Waals surface area (Å²) in [5.41, 5.74) is 10.2. The minimum Gasteiger partial charge on any atom is -0.336 e. The van der Waals surface area contributed by atoms with Crippen LogP contribution in [-0.4, -0.2) is 53.5 Å². The van der Waals surface area contributed by atoms with E-state index in [-0.39, 0.29) is 11.9 Å². The Morgan fingerprint density at radius 3 is 2.38 bits per heavy atom. The van der Waals surface area contributed by atoms with Crippen LogP contribution in [0.1, 0.15) is 62.6 Å². The standard InChI is InChI=1S/C29H42ClN3O/c1-4-5-9-27-21-32(18-7-6-8-24-12-10-22(2)11-13-24)23(3)20-33(27)29(34)28(31)19-25-14-16-26(30)17-15-25/h10-17,23,27-28H,4-9,18-21,31H2,1-3H3/t23-,27+,28?/m1/s1. The van der Waals surface area contributed by atoms with Gasteiger partial charge in [-0.3, -0.25) is 9.69 Å². The maximum Gasteiger partial charge on any atom is 0.240 e. The van der Waals surface area contributed by atoms with E-state index in [0.717, 1.165) is 50.9 Å². The molecule has 186 valence electrons. The summed E-state index contributed by atoms with van der Waals surface area (Å²) in [6.07, 6.45) is 7.37. The number of hydrogen-bond donors (Lipinski definition) is 1. The summed E-state index contributed by atoms with van der Waals surface area (Å²) < 4.78 is 0. The van der Waals surface area contributed by atoms with Crippen LogP contribution < -0.4 is 5.73 Å². The highest BCUT2D eigenvalue weighted by Gasteiger charge is 2.35. The van der Waals surface area contributed by atoms with Crippen molar-refractivity contribution in [3.05, 3.63) is 70.2 Å². The molecule has 0 aromatic heterocycles. The second kappa shape index (κ2) is 13.3. The van der Waals surface area contributed by atoms with E-state index in [1.807, 2.05) is 24.3 Å². The molecule has 2 aromatic rings. The van der Waals surface area contributed by atoms with Gasteiger partial charge < -0.3 is 10.6 Å². The molecule has 0 bridgehead atoms. The molecule has 0 aliphatic carbocycles. The summed E-state index contributed by atoms with van der Waals surface area (Å²) in [6, 6.07) is 16.6. The van der Waals surface area contributed by atoms with E-state index in [0.29, 0.717) is 17.5 Å². The van der Waals surface area contributed by atoms with E-state index in [1.165, 1.54) is 24.0 Å². The van der Waals surface area contributed by atoms with Gasteiger partial charge in [-0.05, 0) is 75.8 Å². The van der Waals surface area contributed by atoms with Crippen molar-refractivity contribution in [2.24, 2.45) is 5.73 Å². The molecule has 1 heterocycles. The third-order valence-electron chi connectivity index (χ3n) is 7.11. The molecule has 4 nitrogen and oxygen atoms in total. The highest BCUT2D eigenvalue weighted by Crippen LogP contribution is 2.22. The molecule has 3 atom stereocenters. The molecule has 0 saturated carbocycles. The van der Waals surface area contributed by atoms with Gasteiger partial charge >= 0.3 is 0 Å². The lowest BCUT2D eigenvalue weighted by Crippen LogP contribution is -2.61. The number of rotatable bonds is 11. The molecule has 2 aromatic carbocycles. The van der Waals surface area contributed by atoms with Crippen LogP contribution in [0.3, 0.4) is 0 Å². The molecule has 1 saturated heterocycles. The van der Waals surface area contributed by atoms with E-state index >= 15 is 0 Å². The first-order chi connectivity index (χ1) is 16.4. The van der Waals surface area contributed by atoms with Crippen LogP contribution in [-0.2, 0) is 17.6 Å². The number of unbranched alkanes of at least 4 members (excludes halogenated alkanes) is 2. The summed E-state index contributed by atoms with van der Waals surface area (Å²) in [4.78, 5) is 18.1. The van der Waals surface area contributed by atoms with Gasteiger partial charge in [0.15, 0.2) is 0 Å². The molecular weight excluding hydrogens is 442 g/mol. The number of nitrogens with two attached hydrogens (primary N) is 1. The van der Waals surface area contributed by atoms with Gasteiger partial charge in [-0.25, -0.2) is 0 Å². The summed E-state index contributed by atoms with van der Waals surface area (Å²) >= 11 is 6.00. The monoisotopic (exact) mass is 483 g/mol. The van der Waals surface area contributed by atoms with Gasteiger partial charge in [0.1, 0.15) is 0 Å². The predicted molar refractivity (Wildman–Crippen MR) is 143 cm³/mol. The van der Waals surface area contributed by atoms with Crippen molar-refractivity contribution in [1.82, 2.24) is 9.80 Å². The minimum absolute atomic E-state index is 0.0851. The van der Waals surface area contributed by atoms with Gasteiger partial charge in [-0.15, -0.1) is 0 Å². The fourth-order valence-corrected chi connectivity index (χ4v) is 5.07. The first-order valence-electron chi connectivity index (χ1n) is 13.0. The topological polar surface area (TPSA) is 49.6 Å². The van der Waals surface area contributed by atoms with Crippen molar-refractivity contribution < 1.29 is 4.79 Å². The highest BCUT2D eigenvalue weighted by molar-refractivity contribution is 6.30. The number of amides is 1. The molecule has 0 spiro atoms.